The SMILES string of the molecule is COC(=O)[C@H]1[C@@H](C)N1C(=O)OC(C)(C)C. The Kier molecular flexibility index (Phi) is 2.93. The average Bonchev–Trinajstić information content (AvgIpc) is 2.73. The first kappa shape index (κ1) is 11.8. The molecule has 5 nitrogen and oxygen atoms in total. The Balaban J connectivity index is 2.54. The standard InChI is InChI=1S/C10H17NO4/c1-6-7(8(12)14-5)11(6)9(13)15-10(2,3)4/h6-7H,1-5H3/t6-,7-,11?/m1/s1. The number of hydrogen-bond acceptors (Lipinski definition) is 4. The van der Waals surface area contributed by atoms with E-state index in [-0.39, 0.29) is 6.04 Å². The minimum absolute atomic E-state index is 0.132. The molecule has 0 unspecified atom stereocenters. The Morgan fingerprint density at radius 2 is 1.80 bits per heavy atom. The van der Waals surface area contributed by atoms with Crippen LogP contribution in [0.25, 0.3) is 0 Å². The number of hydrogen-bond donors (Lipinski definition) is 0. The number of carbonyl (C=O) groups is 2. The van der Waals surface area contributed by atoms with E-state index >= 15 is 0 Å². The van der Waals surface area contributed by atoms with E-state index in [1.807, 2.05) is 0 Å². The molecule has 1 rings (SSSR count). The molecule has 0 spiro atoms. The summed E-state index contributed by atoms with van der Waals surface area (Å²) in [5, 5.41) is 0. The second-order valence-corrected chi connectivity index (χ2v) is 4.60. The molecule has 0 aromatic carbocycles. The third-order valence-corrected chi connectivity index (χ3v) is 2.15. The van der Waals surface area contributed by atoms with Crippen molar-refractivity contribution in [2.45, 2.75) is 45.4 Å². The molecule has 86 valence electrons. The van der Waals surface area contributed by atoms with Crippen molar-refractivity contribution in [2.75, 3.05) is 7.11 Å². The Bertz CT molecular complexity index is 282. The maximum absolute atomic E-state index is 11.6. The van der Waals surface area contributed by atoms with Crippen molar-refractivity contribution in [3.8, 4) is 0 Å². The van der Waals surface area contributed by atoms with Crippen molar-refractivity contribution in [3.05, 3.63) is 0 Å². The van der Waals surface area contributed by atoms with E-state index in [0.29, 0.717) is 0 Å². The van der Waals surface area contributed by atoms with E-state index in [2.05, 4.69) is 4.74 Å². The molecule has 0 aromatic rings. The van der Waals surface area contributed by atoms with Crippen LogP contribution in [0.5, 0.6) is 0 Å². The molecule has 0 saturated carbocycles. The van der Waals surface area contributed by atoms with Gasteiger partial charge in [-0.25, -0.2) is 9.59 Å². The van der Waals surface area contributed by atoms with Crippen molar-refractivity contribution >= 4 is 12.1 Å². The van der Waals surface area contributed by atoms with Crippen LogP contribution in [0.15, 0.2) is 0 Å². The van der Waals surface area contributed by atoms with Crippen molar-refractivity contribution in [1.82, 2.24) is 4.90 Å². The number of nitrogens with zero attached hydrogens (tertiary/aromatic N) is 1. The number of rotatable bonds is 1. The highest BCUT2D eigenvalue weighted by atomic mass is 16.6. The topological polar surface area (TPSA) is 55.6 Å². The number of ether oxygens (including phenoxy) is 2. The van der Waals surface area contributed by atoms with Gasteiger partial charge in [-0.15, -0.1) is 0 Å². The Labute approximate surface area is 89.3 Å². The molecule has 1 aliphatic heterocycles. The van der Waals surface area contributed by atoms with Crippen LogP contribution in [0.2, 0.25) is 0 Å². The minimum Gasteiger partial charge on any atom is -0.467 e. The first-order valence-electron chi connectivity index (χ1n) is 4.87. The lowest BCUT2D eigenvalue weighted by molar-refractivity contribution is -0.140. The van der Waals surface area contributed by atoms with Crippen molar-refractivity contribution in [3.63, 3.8) is 0 Å². The van der Waals surface area contributed by atoms with Crippen molar-refractivity contribution < 1.29 is 19.1 Å². The third-order valence-electron chi connectivity index (χ3n) is 2.15. The normalized spacial score (nSPS) is 24.7. The zero-order valence-electron chi connectivity index (χ0n) is 9.73. The van der Waals surface area contributed by atoms with Gasteiger partial charge in [-0.05, 0) is 27.7 Å². The summed E-state index contributed by atoms with van der Waals surface area (Å²) in [6, 6.07) is -0.614. The molecule has 1 amide bonds. The summed E-state index contributed by atoms with van der Waals surface area (Å²) in [6.45, 7) is 7.14. The van der Waals surface area contributed by atoms with Crippen LogP contribution >= 0.6 is 0 Å². The van der Waals surface area contributed by atoms with E-state index < -0.39 is 23.7 Å². The van der Waals surface area contributed by atoms with Crippen LogP contribution in [-0.2, 0) is 14.3 Å². The first-order chi connectivity index (χ1) is 6.78. The van der Waals surface area contributed by atoms with Gasteiger partial charge in [-0.1, -0.05) is 0 Å². The summed E-state index contributed by atoms with van der Waals surface area (Å²) in [7, 11) is 1.31. The fraction of sp³-hybridized carbons (Fsp3) is 0.800. The molecule has 1 fully saturated rings. The van der Waals surface area contributed by atoms with Gasteiger partial charge in [0.2, 0.25) is 0 Å². The largest absolute Gasteiger partial charge is 0.467 e. The van der Waals surface area contributed by atoms with Gasteiger partial charge >= 0.3 is 12.1 Å². The molecule has 5 heteroatoms. The van der Waals surface area contributed by atoms with Gasteiger partial charge in [0.1, 0.15) is 5.60 Å². The molecule has 0 radical (unpaired) electrons. The summed E-state index contributed by atoms with van der Waals surface area (Å²) in [6.07, 6.45) is -0.467. The molecular formula is C10H17NO4. The molecule has 15 heavy (non-hydrogen) atoms. The second kappa shape index (κ2) is 3.72. The Morgan fingerprint density at radius 3 is 2.20 bits per heavy atom. The van der Waals surface area contributed by atoms with Crippen LogP contribution < -0.4 is 0 Å². The van der Waals surface area contributed by atoms with Gasteiger partial charge in [0, 0.05) is 0 Å². The molecule has 1 aliphatic rings. The fourth-order valence-electron chi connectivity index (χ4n) is 1.37. The zero-order valence-corrected chi connectivity index (χ0v) is 9.73. The van der Waals surface area contributed by atoms with Crippen LogP contribution in [0, 0.1) is 0 Å². The molecule has 0 aliphatic carbocycles. The van der Waals surface area contributed by atoms with E-state index in [1.165, 1.54) is 12.0 Å². The number of esters is 1. The van der Waals surface area contributed by atoms with E-state index in [1.54, 1.807) is 27.7 Å². The summed E-state index contributed by atoms with van der Waals surface area (Å²) >= 11 is 0. The van der Waals surface area contributed by atoms with Crippen LogP contribution in [0.4, 0.5) is 4.79 Å². The van der Waals surface area contributed by atoms with Crippen LogP contribution in [0.1, 0.15) is 27.7 Å². The van der Waals surface area contributed by atoms with Crippen LogP contribution in [-0.4, -0.2) is 41.8 Å². The van der Waals surface area contributed by atoms with Crippen LogP contribution in [0.3, 0.4) is 0 Å². The molecule has 0 aromatic heterocycles. The lowest BCUT2D eigenvalue weighted by atomic mass is 10.2. The predicted molar refractivity (Wildman–Crippen MR) is 53.3 cm³/mol. The smallest absolute Gasteiger partial charge is 0.411 e. The lowest BCUT2D eigenvalue weighted by Crippen LogP contribution is -2.29. The molecule has 0 N–H and O–H groups in total. The zero-order chi connectivity index (χ0) is 11.8. The number of amides is 1. The fourth-order valence-corrected chi connectivity index (χ4v) is 1.37. The maximum atomic E-state index is 11.6. The summed E-state index contributed by atoms with van der Waals surface area (Å²) < 4.78 is 9.70. The minimum atomic E-state index is -0.542. The van der Waals surface area contributed by atoms with Crippen molar-refractivity contribution in [1.29, 1.82) is 0 Å². The van der Waals surface area contributed by atoms with E-state index in [9.17, 15) is 9.59 Å². The average molecular weight is 215 g/mol. The lowest BCUT2D eigenvalue weighted by Gasteiger charge is -2.19. The highest BCUT2D eigenvalue weighted by Gasteiger charge is 2.55. The molecule has 1 heterocycles. The Morgan fingerprint density at radius 1 is 1.27 bits per heavy atom. The third kappa shape index (κ3) is 2.61. The van der Waals surface area contributed by atoms with E-state index in [4.69, 9.17) is 4.74 Å². The molecular weight excluding hydrogens is 198 g/mol. The quantitative estimate of drug-likeness (QED) is 0.486. The molecule has 1 saturated heterocycles. The van der Waals surface area contributed by atoms with E-state index in [0.717, 1.165) is 0 Å². The molecule has 0 bridgehead atoms. The van der Waals surface area contributed by atoms with Gasteiger partial charge in [0.05, 0.1) is 13.2 Å². The first-order valence-corrected chi connectivity index (χ1v) is 4.87. The predicted octanol–water partition coefficient (Wildman–Crippen LogP) is 1.17. The van der Waals surface area contributed by atoms with Crippen molar-refractivity contribution in [2.24, 2.45) is 0 Å². The van der Waals surface area contributed by atoms with Gasteiger partial charge in [0.25, 0.3) is 0 Å². The Hall–Kier alpha value is -1.26. The highest BCUT2D eigenvalue weighted by molar-refractivity contribution is 5.88. The summed E-state index contributed by atoms with van der Waals surface area (Å²) in [4.78, 5) is 24.1. The monoisotopic (exact) mass is 215 g/mol. The number of methoxy groups -OCH3 is 1. The maximum Gasteiger partial charge on any atom is 0.411 e. The highest BCUT2D eigenvalue weighted by Crippen LogP contribution is 2.30. The number of carbonyl (C=O) groups excluding carboxylic acids is 2. The second-order valence-electron chi connectivity index (χ2n) is 4.60. The summed E-state index contributed by atoms with van der Waals surface area (Å²) in [5.74, 6) is -0.395. The van der Waals surface area contributed by atoms with Gasteiger partial charge in [-0.2, -0.15) is 0 Å². The molecule has 2 atom stereocenters. The van der Waals surface area contributed by atoms with Gasteiger partial charge in [-0.3, -0.25) is 4.90 Å². The van der Waals surface area contributed by atoms with Gasteiger partial charge in [0.15, 0.2) is 6.04 Å². The summed E-state index contributed by atoms with van der Waals surface area (Å²) in [5.41, 5.74) is -0.542. The van der Waals surface area contributed by atoms with Gasteiger partial charge < -0.3 is 9.47 Å².